The molecule has 0 radical (unpaired) electrons. The summed E-state index contributed by atoms with van der Waals surface area (Å²) in [5.74, 6) is 0. The SMILES string of the molecule is CC(C)(C)c1nn(CCCc2ccccc2)c(Cl)c1C=O. The van der Waals surface area contributed by atoms with Crippen LogP contribution >= 0.6 is 11.6 Å². The van der Waals surface area contributed by atoms with Crippen LogP contribution in [0, 0.1) is 0 Å². The number of carbonyl (C=O) groups is 1. The number of benzene rings is 1. The van der Waals surface area contributed by atoms with Gasteiger partial charge in [-0.25, -0.2) is 0 Å². The summed E-state index contributed by atoms with van der Waals surface area (Å²) in [6.07, 6.45) is 2.72. The molecule has 2 aromatic rings. The molecule has 0 aliphatic carbocycles. The summed E-state index contributed by atoms with van der Waals surface area (Å²) in [4.78, 5) is 11.3. The van der Waals surface area contributed by atoms with E-state index in [0.29, 0.717) is 17.3 Å². The third kappa shape index (κ3) is 3.73. The Kier molecular flexibility index (Phi) is 4.84. The van der Waals surface area contributed by atoms with Crippen LogP contribution in [0.3, 0.4) is 0 Å². The highest BCUT2D eigenvalue weighted by atomic mass is 35.5. The van der Waals surface area contributed by atoms with Gasteiger partial charge in [-0.2, -0.15) is 5.10 Å². The van der Waals surface area contributed by atoms with Crippen LogP contribution < -0.4 is 0 Å². The fraction of sp³-hybridized carbons (Fsp3) is 0.412. The van der Waals surface area contributed by atoms with Crippen LogP contribution in [0.25, 0.3) is 0 Å². The van der Waals surface area contributed by atoms with Gasteiger partial charge in [0.1, 0.15) is 5.15 Å². The number of nitrogens with zero attached hydrogens (tertiary/aromatic N) is 2. The minimum absolute atomic E-state index is 0.190. The molecule has 21 heavy (non-hydrogen) atoms. The lowest BCUT2D eigenvalue weighted by molar-refractivity contribution is 0.112. The van der Waals surface area contributed by atoms with Crippen LogP contribution in [0.5, 0.6) is 0 Å². The Balaban J connectivity index is 2.10. The first kappa shape index (κ1) is 15.8. The molecule has 3 nitrogen and oxygen atoms in total. The molecule has 0 saturated carbocycles. The standard InChI is InChI=1S/C17H21ClN2O/c1-17(2,3)15-14(12-21)16(18)20(19-15)11-7-10-13-8-5-4-6-9-13/h4-6,8-9,12H,7,10-11H2,1-3H3. The van der Waals surface area contributed by atoms with Crippen molar-refractivity contribution < 1.29 is 4.79 Å². The van der Waals surface area contributed by atoms with Crippen molar-refractivity contribution in [2.45, 2.75) is 45.6 Å². The maximum Gasteiger partial charge on any atom is 0.155 e. The quantitative estimate of drug-likeness (QED) is 0.773. The maximum absolute atomic E-state index is 11.3. The van der Waals surface area contributed by atoms with Gasteiger partial charge in [-0.1, -0.05) is 62.7 Å². The van der Waals surface area contributed by atoms with Gasteiger partial charge in [0.2, 0.25) is 0 Å². The molecule has 0 amide bonds. The van der Waals surface area contributed by atoms with E-state index in [1.54, 1.807) is 4.68 Å². The van der Waals surface area contributed by atoms with Gasteiger partial charge in [0.15, 0.2) is 6.29 Å². The van der Waals surface area contributed by atoms with Crippen molar-refractivity contribution in [1.29, 1.82) is 0 Å². The van der Waals surface area contributed by atoms with Gasteiger partial charge < -0.3 is 0 Å². The van der Waals surface area contributed by atoms with Gasteiger partial charge in [-0.05, 0) is 18.4 Å². The first-order valence-corrected chi connectivity index (χ1v) is 7.57. The van der Waals surface area contributed by atoms with Crippen molar-refractivity contribution in [3.8, 4) is 0 Å². The molecule has 0 bridgehead atoms. The Labute approximate surface area is 130 Å². The summed E-state index contributed by atoms with van der Waals surface area (Å²) in [5.41, 5.74) is 2.39. The van der Waals surface area contributed by atoms with Crippen LogP contribution in [-0.2, 0) is 18.4 Å². The molecular weight excluding hydrogens is 284 g/mol. The fourth-order valence-corrected chi connectivity index (χ4v) is 2.60. The van der Waals surface area contributed by atoms with Crippen molar-refractivity contribution >= 4 is 17.9 Å². The molecular formula is C17H21ClN2O. The summed E-state index contributed by atoms with van der Waals surface area (Å²) in [7, 11) is 0. The maximum atomic E-state index is 11.3. The number of aldehydes is 1. The highest BCUT2D eigenvalue weighted by molar-refractivity contribution is 6.32. The number of aromatic nitrogens is 2. The molecule has 1 aromatic carbocycles. The van der Waals surface area contributed by atoms with Gasteiger partial charge in [0, 0.05) is 12.0 Å². The Morgan fingerprint density at radius 3 is 2.43 bits per heavy atom. The second-order valence-electron chi connectivity index (χ2n) is 6.23. The van der Waals surface area contributed by atoms with E-state index in [-0.39, 0.29) is 5.41 Å². The van der Waals surface area contributed by atoms with E-state index in [0.717, 1.165) is 24.8 Å². The first-order valence-electron chi connectivity index (χ1n) is 7.19. The lowest BCUT2D eigenvalue weighted by Gasteiger charge is -2.15. The van der Waals surface area contributed by atoms with Crippen molar-refractivity contribution in [2.24, 2.45) is 0 Å². The van der Waals surface area contributed by atoms with Gasteiger partial charge >= 0.3 is 0 Å². The Morgan fingerprint density at radius 1 is 1.24 bits per heavy atom. The molecule has 0 unspecified atom stereocenters. The highest BCUT2D eigenvalue weighted by Crippen LogP contribution is 2.28. The molecule has 112 valence electrons. The average molecular weight is 305 g/mol. The predicted molar refractivity (Wildman–Crippen MR) is 86.1 cm³/mol. The van der Waals surface area contributed by atoms with E-state index in [1.165, 1.54) is 5.56 Å². The molecule has 1 heterocycles. The van der Waals surface area contributed by atoms with E-state index < -0.39 is 0 Å². The average Bonchev–Trinajstić information content (AvgIpc) is 2.77. The molecule has 0 atom stereocenters. The topological polar surface area (TPSA) is 34.9 Å². The molecule has 1 aromatic heterocycles. The zero-order valence-corrected chi connectivity index (χ0v) is 13.5. The number of aryl methyl sites for hydroxylation is 2. The zero-order valence-electron chi connectivity index (χ0n) is 12.8. The highest BCUT2D eigenvalue weighted by Gasteiger charge is 2.25. The molecule has 0 aliphatic rings. The minimum Gasteiger partial charge on any atom is -0.298 e. The predicted octanol–water partition coefficient (Wildman–Crippen LogP) is 4.28. The molecule has 4 heteroatoms. The van der Waals surface area contributed by atoms with Crippen LogP contribution in [-0.4, -0.2) is 16.1 Å². The van der Waals surface area contributed by atoms with E-state index >= 15 is 0 Å². The third-order valence-electron chi connectivity index (χ3n) is 3.43. The fourth-order valence-electron chi connectivity index (χ4n) is 2.34. The smallest absolute Gasteiger partial charge is 0.155 e. The van der Waals surface area contributed by atoms with Gasteiger partial charge in [-0.15, -0.1) is 0 Å². The molecule has 0 spiro atoms. The van der Waals surface area contributed by atoms with Gasteiger partial charge in [0.05, 0.1) is 11.3 Å². The van der Waals surface area contributed by atoms with E-state index in [1.807, 2.05) is 39.0 Å². The lowest BCUT2D eigenvalue weighted by atomic mass is 9.90. The van der Waals surface area contributed by atoms with Crippen LogP contribution in [0.2, 0.25) is 5.15 Å². The summed E-state index contributed by atoms with van der Waals surface area (Å²) < 4.78 is 1.74. The Morgan fingerprint density at radius 2 is 1.90 bits per heavy atom. The molecule has 0 fully saturated rings. The van der Waals surface area contributed by atoms with Crippen molar-refractivity contribution in [3.05, 3.63) is 52.3 Å². The Bertz CT molecular complexity index is 612. The van der Waals surface area contributed by atoms with E-state index in [2.05, 4.69) is 17.2 Å². The van der Waals surface area contributed by atoms with E-state index in [9.17, 15) is 4.79 Å². The summed E-state index contributed by atoms with van der Waals surface area (Å²) >= 11 is 6.29. The summed E-state index contributed by atoms with van der Waals surface area (Å²) in [6.45, 7) is 6.82. The van der Waals surface area contributed by atoms with Crippen LogP contribution in [0.4, 0.5) is 0 Å². The molecule has 0 N–H and O–H groups in total. The van der Waals surface area contributed by atoms with Crippen molar-refractivity contribution in [3.63, 3.8) is 0 Å². The largest absolute Gasteiger partial charge is 0.298 e. The normalized spacial score (nSPS) is 11.6. The van der Waals surface area contributed by atoms with Crippen molar-refractivity contribution in [2.75, 3.05) is 0 Å². The number of hydrogen-bond acceptors (Lipinski definition) is 2. The zero-order chi connectivity index (χ0) is 15.5. The first-order chi connectivity index (χ1) is 9.93. The Hall–Kier alpha value is -1.61. The monoisotopic (exact) mass is 304 g/mol. The van der Waals surface area contributed by atoms with Crippen LogP contribution in [0.1, 0.15) is 48.8 Å². The second kappa shape index (κ2) is 6.44. The van der Waals surface area contributed by atoms with Crippen LogP contribution in [0.15, 0.2) is 30.3 Å². The number of halogens is 1. The van der Waals surface area contributed by atoms with Gasteiger partial charge in [0.25, 0.3) is 0 Å². The lowest BCUT2D eigenvalue weighted by Crippen LogP contribution is -2.15. The number of carbonyl (C=O) groups excluding carboxylic acids is 1. The molecule has 0 saturated heterocycles. The molecule has 0 aliphatic heterocycles. The molecule has 2 rings (SSSR count). The van der Waals surface area contributed by atoms with Gasteiger partial charge in [-0.3, -0.25) is 9.48 Å². The second-order valence-corrected chi connectivity index (χ2v) is 6.59. The number of hydrogen-bond donors (Lipinski definition) is 0. The van der Waals surface area contributed by atoms with Crippen molar-refractivity contribution in [1.82, 2.24) is 9.78 Å². The minimum atomic E-state index is -0.190. The van der Waals surface area contributed by atoms with E-state index in [4.69, 9.17) is 11.6 Å². The summed E-state index contributed by atoms with van der Waals surface area (Å²) in [6, 6.07) is 10.3. The number of rotatable bonds is 5. The summed E-state index contributed by atoms with van der Waals surface area (Å²) in [5, 5.41) is 4.98. The third-order valence-corrected chi connectivity index (χ3v) is 3.83.